The van der Waals surface area contributed by atoms with Crippen LogP contribution in [0.25, 0.3) is 21.5 Å². The standard InChI is InChI=1S/2C14H11.C2H6Si.Zr/c2*1-10-6-7-13-8-11-4-2-3-5-12(11)9-14(10)13;1-3-2;/h2*2-6,8-10H,1H3;1-2H3;/q2*-1;;+2. The van der Waals surface area contributed by atoms with Crippen molar-refractivity contribution in [2.24, 2.45) is 0 Å². The summed E-state index contributed by atoms with van der Waals surface area (Å²) >= 11 is 0. The maximum absolute atomic E-state index is 3.32. The first kappa shape index (κ1) is 24.6. The van der Waals surface area contributed by atoms with Gasteiger partial charge in [-0.3, -0.25) is 0 Å². The van der Waals surface area contributed by atoms with Crippen LogP contribution in [0.15, 0.2) is 84.9 Å². The van der Waals surface area contributed by atoms with Gasteiger partial charge in [0.15, 0.2) is 0 Å². The second-order valence-corrected chi connectivity index (χ2v) is 9.27. The third-order valence-electron chi connectivity index (χ3n) is 5.79. The van der Waals surface area contributed by atoms with Gasteiger partial charge < -0.3 is 0 Å². The van der Waals surface area contributed by atoms with E-state index in [0.29, 0.717) is 11.8 Å². The molecule has 4 aromatic rings. The Morgan fingerprint density at radius 1 is 0.594 bits per heavy atom. The summed E-state index contributed by atoms with van der Waals surface area (Å²) in [4.78, 5) is 0. The Bertz CT molecular complexity index is 1170. The molecular formula is C30H28SiZr. The summed E-state index contributed by atoms with van der Waals surface area (Å²) in [5.41, 5.74) is 5.33. The SMILES string of the molecule is CC1C=[C-]c2cc3ccccc3cc21.CC1C=[C-]c2cc3ccccc3cc21.C[Si]C.[Zr+2]. The molecule has 2 radical (unpaired) electrons. The molecule has 32 heavy (non-hydrogen) atoms. The molecule has 4 aromatic carbocycles. The first-order valence-electron chi connectivity index (χ1n) is 10.9. The van der Waals surface area contributed by atoms with E-state index < -0.39 is 0 Å². The van der Waals surface area contributed by atoms with Crippen LogP contribution in [-0.4, -0.2) is 9.52 Å². The van der Waals surface area contributed by atoms with Crippen LogP contribution in [0.1, 0.15) is 47.9 Å². The average molecular weight is 508 g/mol. The third-order valence-corrected chi connectivity index (χ3v) is 5.79. The van der Waals surface area contributed by atoms with Crippen LogP contribution in [0.3, 0.4) is 0 Å². The minimum absolute atomic E-state index is 0. The van der Waals surface area contributed by atoms with Gasteiger partial charge in [-0.25, -0.2) is 0 Å². The summed E-state index contributed by atoms with van der Waals surface area (Å²) < 4.78 is 0. The summed E-state index contributed by atoms with van der Waals surface area (Å²) in [5, 5.41) is 5.27. The molecule has 0 amide bonds. The van der Waals surface area contributed by atoms with E-state index in [1.807, 2.05) is 0 Å². The van der Waals surface area contributed by atoms with Crippen LogP contribution in [-0.2, 0) is 26.2 Å². The van der Waals surface area contributed by atoms with Crippen molar-refractivity contribution >= 4 is 31.1 Å². The van der Waals surface area contributed by atoms with E-state index in [4.69, 9.17) is 0 Å². The molecule has 0 saturated heterocycles. The van der Waals surface area contributed by atoms with Gasteiger partial charge in [0.1, 0.15) is 0 Å². The van der Waals surface area contributed by atoms with E-state index in [-0.39, 0.29) is 26.2 Å². The van der Waals surface area contributed by atoms with Gasteiger partial charge in [-0.1, -0.05) is 98.1 Å². The minimum Gasteiger partial charge on any atom is -0.189 e. The molecule has 2 unspecified atom stereocenters. The van der Waals surface area contributed by atoms with Crippen molar-refractivity contribution in [3.05, 3.63) is 119 Å². The summed E-state index contributed by atoms with van der Waals surface area (Å²) in [6, 6.07) is 26.0. The number of fused-ring (bicyclic) bond motifs is 4. The largest absolute Gasteiger partial charge is 2.00 e. The Hall–Kier alpha value is -2.02. The van der Waals surface area contributed by atoms with Gasteiger partial charge in [0.05, 0.1) is 0 Å². The smallest absolute Gasteiger partial charge is 0.189 e. The van der Waals surface area contributed by atoms with Crippen LogP contribution >= 0.6 is 0 Å². The van der Waals surface area contributed by atoms with E-state index in [1.54, 1.807) is 0 Å². The van der Waals surface area contributed by atoms with Crippen LogP contribution in [0, 0.1) is 12.2 Å². The predicted molar refractivity (Wildman–Crippen MR) is 136 cm³/mol. The van der Waals surface area contributed by atoms with Gasteiger partial charge in [0.2, 0.25) is 0 Å². The number of benzene rings is 4. The minimum atomic E-state index is 0. The van der Waals surface area contributed by atoms with Gasteiger partial charge >= 0.3 is 26.2 Å². The molecule has 0 nitrogen and oxygen atoms in total. The number of allylic oxidation sites excluding steroid dienone is 2. The second kappa shape index (κ2) is 11.2. The molecule has 156 valence electrons. The van der Waals surface area contributed by atoms with Gasteiger partial charge in [0, 0.05) is 9.52 Å². The Labute approximate surface area is 214 Å². The molecule has 6 rings (SSSR count). The van der Waals surface area contributed by atoms with Crippen molar-refractivity contribution < 1.29 is 26.2 Å². The molecule has 0 N–H and O–H groups in total. The molecule has 2 heteroatoms. The molecule has 2 aliphatic carbocycles. The molecule has 0 heterocycles. The van der Waals surface area contributed by atoms with E-state index in [0.717, 1.165) is 9.52 Å². The normalized spacial score (nSPS) is 17.0. The first-order valence-corrected chi connectivity index (χ1v) is 12.9. The Morgan fingerprint density at radius 2 is 0.906 bits per heavy atom. The van der Waals surface area contributed by atoms with Crippen molar-refractivity contribution in [1.82, 2.24) is 0 Å². The van der Waals surface area contributed by atoms with Crippen molar-refractivity contribution in [1.29, 1.82) is 0 Å². The Balaban J connectivity index is 0.000000157. The van der Waals surface area contributed by atoms with Crippen LogP contribution in [0.4, 0.5) is 0 Å². The number of hydrogen-bond donors (Lipinski definition) is 0. The van der Waals surface area contributed by atoms with E-state index in [1.165, 1.54) is 43.8 Å². The zero-order chi connectivity index (χ0) is 21.8. The van der Waals surface area contributed by atoms with Crippen molar-refractivity contribution in [2.75, 3.05) is 0 Å². The predicted octanol–water partition coefficient (Wildman–Crippen LogP) is 8.11. The first-order chi connectivity index (χ1) is 15.1. The summed E-state index contributed by atoms with van der Waals surface area (Å²) in [6.45, 7) is 8.74. The Morgan fingerprint density at radius 3 is 1.25 bits per heavy atom. The van der Waals surface area contributed by atoms with Crippen LogP contribution in [0.2, 0.25) is 13.1 Å². The zero-order valence-corrected chi connectivity index (χ0v) is 22.7. The Kier molecular flexibility index (Phi) is 8.63. The molecule has 0 aliphatic heterocycles. The molecular weight excluding hydrogens is 480 g/mol. The molecule has 0 bridgehead atoms. The van der Waals surface area contributed by atoms with Gasteiger partial charge in [-0.15, -0.1) is 35.4 Å². The van der Waals surface area contributed by atoms with E-state index >= 15 is 0 Å². The molecule has 0 aromatic heterocycles. The van der Waals surface area contributed by atoms with Crippen molar-refractivity contribution in [2.45, 2.75) is 38.8 Å². The second-order valence-electron chi connectivity index (χ2n) is 8.27. The van der Waals surface area contributed by atoms with Crippen molar-refractivity contribution in [3.8, 4) is 0 Å². The molecule has 0 spiro atoms. The summed E-state index contributed by atoms with van der Waals surface area (Å²) in [5.74, 6) is 1.05. The molecule has 0 saturated carbocycles. The van der Waals surface area contributed by atoms with Crippen molar-refractivity contribution in [3.63, 3.8) is 0 Å². The number of rotatable bonds is 0. The number of hydrogen-bond acceptors (Lipinski definition) is 0. The van der Waals surface area contributed by atoms with Gasteiger partial charge in [0.25, 0.3) is 0 Å². The molecule has 2 aliphatic rings. The summed E-state index contributed by atoms with van der Waals surface area (Å²) in [7, 11) is 1.08. The zero-order valence-electron chi connectivity index (χ0n) is 19.2. The van der Waals surface area contributed by atoms with Crippen LogP contribution < -0.4 is 0 Å². The molecule has 0 fully saturated rings. The fraction of sp³-hybridized carbons (Fsp3) is 0.200. The third kappa shape index (κ3) is 5.30. The van der Waals surface area contributed by atoms with Gasteiger partial charge in [-0.2, -0.15) is 35.4 Å². The van der Waals surface area contributed by atoms with E-state index in [2.05, 4.69) is 124 Å². The fourth-order valence-electron chi connectivity index (χ4n) is 4.13. The van der Waals surface area contributed by atoms with Gasteiger partial charge in [-0.05, 0) is 10.8 Å². The summed E-state index contributed by atoms with van der Waals surface area (Å²) in [6.07, 6.45) is 10.9. The quantitative estimate of drug-likeness (QED) is 0.166. The topological polar surface area (TPSA) is 0 Å². The monoisotopic (exact) mass is 506 g/mol. The fourth-order valence-corrected chi connectivity index (χ4v) is 4.13. The van der Waals surface area contributed by atoms with E-state index in [9.17, 15) is 0 Å². The molecule has 2 atom stereocenters. The maximum Gasteiger partial charge on any atom is 2.00 e. The van der Waals surface area contributed by atoms with Crippen LogP contribution in [0.5, 0.6) is 0 Å². The maximum atomic E-state index is 3.32. The average Bonchev–Trinajstić information content (AvgIpc) is 3.34.